The average molecular weight is 344 g/mol. The third kappa shape index (κ3) is 14.6. The van der Waals surface area contributed by atoms with E-state index in [0.717, 1.165) is 25.9 Å². The van der Waals surface area contributed by atoms with Crippen molar-refractivity contribution in [1.29, 1.82) is 0 Å². The fourth-order valence-corrected chi connectivity index (χ4v) is 3.49. The van der Waals surface area contributed by atoms with Crippen LogP contribution in [0.3, 0.4) is 0 Å². The van der Waals surface area contributed by atoms with E-state index in [9.17, 15) is 9.59 Å². The van der Waals surface area contributed by atoms with E-state index in [4.69, 9.17) is 10.2 Å². The molecule has 0 bridgehead atoms. The van der Waals surface area contributed by atoms with Crippen molar-refractivity contribution in [3.05, 3.63) is 0 Å². The highest BCUT2D eigenvalue weighted by Crippen LogP contribution is 2.11. The number of carbonyl (C=O) groups is 2. The van der Waals surface area contributed by atoms with Crippen LogP contribution in [0, 0.1) is 0 Å². The minimum Gasteiger partial charge on any atom is -0.517 e. The number of hydrogen-bond acceptors (Lipinski definition) is 2. The lowest BCUT2D eigenvalue weighted by Gasteiger charge is -2.37. The molecule has 6 nitrogen and oxygen atoms in total. The maximum atomic E-state index is 10.8. The first-order chi connectivity index (χ1) is 11.0. The van der Waals surface area contributed by atoms with Crippen LogP contribution in [0.4, 0.5) is 9.59 Å². The summed E-state index contributed by atoms with van der Waals surface area (Å²) in [5.41, 5.74) is 0. The molecule has 2 N–H and O–H groups in total. The maximum Gasteiger partial charge on any atom is 0.291 e. The zero-order valence-electron chi connectivity index (χ0n) is 16.7. The van der Waals surface area contributed by atoms with E-state index in [1.54, 1.807) is 0 Å². The van der Waals surface area contributed by atoms with E-state index in [1.807, 2.05) is 28.2 Å². The third-order valence-electron chi connectivity index (χ3n) is 5.00. The summed E-state index contributed by atoms with van der Waals surface area (Å²) in [6.07, 6.45) is 9.61. The molecule has 0 heterocycles. The van der Waals surface area contributed by atoms with Gasteiger partial charge in [0.1, 0.15) is 0 Å². The lowest BCUT2D eigenvalue weighted by Crippen LogP contribution is -2.47. The van der Waals surface area contributed by atoms with Crippen molar-refractivity contribution in [2.24, 2.45) is 0 Å². The van der Waals surface area contributed by atoms with E-state index < -0.39 is 26.6 Å². The van der Waals surface area contributed by atoms with Gasteiger partial charge in [0.2, 0.25) is 0 Å². The molecule has 8 heteroatoms. The SMILES string of the molecule is C[N+](C)([BH2-]C(=O)O)CCCCCCCCCC[N+](C)(C)[BH2-]C(=O)O. The van der Waals surface area contributed by atoms with Gasteiger partial charge in [-0.3, -0.25) is 9.59 Å². The molecule has 0 rings (SSSR count). The largest absolute Gasteiger partial charge is 0.517 e. The number of unbranched alkanes of at least 4 members (excludes halogenated alkanes) is 7. The normalized spacial score (nSPS) is 12.3. The van der Waals surface area contributed by atoms with Gasteiger partial charge in [0.05, 0.1) is 0 Å². The molecule has 0 saturated carbocycles. The molecule has 0 unspecified atom stereocenters. The highest BCUT2D eigenvalue weighted by molar-refractivity contribution is 6.65. The van der Waals surface area contributed by atoms with E-state index in [2.05, 4.69) is 0 Å². The van der Waals surface area contributed by atoms with Crippen molar-refractivity contribution in [3.8, 4) is 0 Å². The fraction of sp³-hybridized carbons (Fsp3) is 0.875. The van der Waals surface area contributed by atoms with Gasteiger partial charge in [-0.15, -0.1) is 0 Å². The minimum atomic E-state index is -0.953. The molecule has 0 fully saturated rings. The van der Waals surface area contributed by atoms with Crippen LogP contribution in [0.1, 0.15) is 51.4 Å². The Hall–Kier alpha value is -1.01. The molecule has 0 amide bonds. The standard InChI is InChI=1S/C16H38B2N2O4/c1-19(2,17-15(21)22)13-11-9-7-5-6-8-10-12-14-20(3,4)18-16(23)24/h5-14,17-18H2,1-4H3,(H,21,22)(H,23,24). The predicted octanol–water partition coefficient (Wildman–Crippen LogP) is 1.78. The van der Waals surface area contributed by atoms with Crippen molar-refractivity contribution in [1.82, 2.24) is 0 Å². The topological polar surface area (TPSA) is 74.6 Å². The van der Waals surface area contributed by atoms with E-state index in [-0.39, 0.29) is 0 Å². The Morgan fingerprint density at radius 1 is 0.625 bits per heavy atom. The van der Waals surface area contributed by atoms with Gasteiger partial charge in [-0.05, 0) is 25.7 Å². The quantitative estimate of drug-likeness (QED) is 0.351. The summed E-state index contributed by atoms with van der Waals surface area (Å²) in [7, 11) is 6.21. The van der Waals surface area contributed by atoms with E-state index >= 15 is 0 Å². The van der Waals surface area contributed by atoms with Crippen molar-refractivity contribution in [2.45, 2.75) is 51.4 Å². The molecule has 142 valence electrons. The van der Waals surface area contributed by atoms with Crippen LogP contribution in [0.2, 0.25) is 0 Å². The van der Waals surface area contributed by atoms with Crippen molar-refractivity contribution in [3.63, 3.8) is 0 Å². The van der Waals surface area contributed by atoms with Gasteiger partial charge in [-0.25, -0.2) is 0 Å². The van der Waals surface area contributed by atoms with Gasteiger partial charge in [0.15, 0.2) is 11.7 Å². The van der Waals surface area contributed by atoms with Crippen LogP contribution in [0.5, 0.6) is 0 Å². The van der Waals surface area contributed by atoms with Gasteiger partial charge in [0, 0.05) is 41.3 Å². The van der Waals surface area contributed by atoms with E-state index in [0.29, 0.717) is 8.79 Å². The molecule has 0 aliphatic heterocycles. The summed E-state index contributed by atoms with van der Waals surface area (Å²) in [5.74, 6) is -1.21. The zero-order valence-corrected chi connectivity index (χ0v) is 16.7. The zero-order chi connectivity index (χ0) is 18.6. The van der Waals surface area contributed by atoms with E-state index in [1.165, 1.54) is 38.5 Å². The molecule has 0 atom stereocenters. The van der Waals surface area contributed by atoms with Crippen LogP contribution >= 0.6 is 0 Å². The molecule has 0 aliphatic rings. The number of carboxylic acid groups (broad SMARTS) is 2. The monoisotopic (exact) mass is 344 g/mol. The summed E-state index contributed by atoms with van der Waals surface area (Å²) < 4.78 is 1.37. The number of quaternary nitrogens is 2. The number of rotatable bonds is 15. The van der Waals surface area contributed by atoms with Gasteiger partial charge < -0.3 is 19.0 Å². The molecule has 24 heavy (non-hydrogen) atoms. The highest BCUT2D eigenvalue weighted by atomic mass is 16.4. The predicted molar refractivity (Wildman–Crippen MR) is 104 cm³/mol. The molecule has 0 spiro atoms. The Morgan fingerprint density at radius 3 is 1.12 bits per heavy atom. The summed E-state index contributed by atoms with van der Waals surface area (Å²) in [4.78, 5) is 21.6. The van der Waals surface area contributed by atoms with Crippen molar-refractivity contribution < 1.29 is 28.6 Å². The highest BCUT2D eigenvalue weighted by Gasteiger charge is 2.13. The van der Waals surface area contributed by atoms with Crippen LogP contribution in [-0.2, 0) is 0 Å². The van der Waals surface area contributed by atoms with Gasteiger partial charge in [-0.1, -0.05) is 25.7 Å². The van der Waals surface area contributed by atoms with Crippen LogP contribution in [-0.4, -0.2) is 86.8 Å². The van der Waals surface area contributed by atoms with Crippen molar-refractivity contribution in [2.75, 3.05) is 41.3 Å². The molecule has 0 saturated heterocycles. The van der Waals surface area contributed by atoms with Crippen molar-refractivity contribution >= 4 is 26.6 Å². The Morgan fingerprint density at radius 2 is 0.875 bits per heavy atom. The third-order valence-corrected chi connectivity index (χ3v) is 5.00. The van der Waals surface area contributed by atoms with Crippen LogP contribution < -0.4 is 0 Å². The van der Waals surface area contributed by atoms with Gasteiger partial charge in [-0.2, -0.15) is 0 Å². The second-order valence-electron chi connectivity index (χ2n) is 9.34. The smallest absolute Gasteiger partial charge is 0.291 e. The first-order valence-corrected chi connectivity index (χ1v) is 9.67. The Labute approximate surface area is 148 Å². The fourth-order valence-electron chi connectivity index (χ4n) is 3.49. The lowest BCUT2D eigenvalue weighted by molar-refractivity contribution is -0.777. The average Bonchev–Trinajstić information content (AvgIpc) is 2.37. The molecule has 0 aromatic heterocycles. The molecule has 0 aromatic rings. The Kier molecular flexibility index (Phi) is 11.0. The first kappa shape index (κ1) is 23.0. The molecular formula is C16H38B2N2O4. The Bertz CT molecular complexity index is 354. The molecule has 0 aromatic carbocycles. The molecule has 0 aliphatic carbocycles. The maximum absolute atomic E-state index is 10.8. The van der Waals surface area contributed by atoms with Gasteiger partial charge in [0.25, 0.3) is 14.8 Å². The number of hydrogen-bond donors (Lipinski definition) is 2. The summed E-state index contributed by atoms with van der Waals surface area (Å²) >= 11 is 0. The second kappa shape index (κ2) is 11.5. The van der Waals surface area contributed by atoms with Gasteiger partial charge >= 0.3 is 0 Å². The first-order valence-electron chi connectivity index (χ1n) is 9.67. The second-order valence-corrected chi connectivity index (χ2v) is 9.34. The molecular weight excluding hydrogens is 306 g/mol. The molecule has 0 radical (unpaired) electrons. The number of nitrogens with zero attached hydrogens (tertiary/aromatic N) is 2. The summed E-state index contributed by atoms with van der Waals surface area (Å²) in [6, 6.07) is 0. The minimum absolute atomic E-state index is 0.604. The lowest BCUT2D eigenvalue weighted by atomic mass is 9.88. The van der Waals surface area contributed by atoms with Crippen LogP contribution in [0.25, 0.3) is 0 Å². The summed E-state index contributed by atoms with van der Waals surface area (Å²) in [5, 5.41) is 17.8. The van der Waals surface area contributed by atoms with Crippen LogP contribution in [0.15, 0.2) is 0 Å². The Balaban J connectivity index is 3.49. The summed E-state index contributed by atoms with van der Waals surface area (Å²) in [6.45, 7) is 1.96.